The second kappa shape index (κ2) is 5.79. The Kier molecular flexibility index (Phi) is 4.67. The average Bonchev–Trinajstić information content (AvgIpc) is 2.21. The normalized spacial score (nSPS) is 12.9. The number of benzene rings is 1. The van der Waals surface area contributed by atoms with Gasteiger partial charge in [-0.3, -0.25) is 0 Å². The summed E-state index contributed by atoms with van der Waals surface area (Å²) in [4.78, 5) is 0. The fourth-order valence-corrected chi connectivity index (χ4v) is 1.57. The Morgan fingerprint density at radius 3 is 2.13 bits per heavy atom. The van der Waals surface area contributed by atoms with Crippen molar-refractivity contribution in [3.8, 4) is 0 Å². The van der Waals surface area contributed by atoms with Gasteiger partial charge in [0.2, 0.25) is 0 Å². The smallest absolute Gasteiger partial charge is 0.0340 e. The van der Waals surface area contributed by atoms with E-state index in [0.717, 1.165) is 18.4 Å². The predicted molar refractivity (Wildman–Crippen MR) is 68.3 cm³/mol. The minimum Gasteiger partial charge on any atom is -0.385 e. The maximum Gasteiger partial charge on any atom is 0.0340 e. The Hall–Kier alpha value is -0.980. The van der Waals surface area contributed by atoms with Gasteiger partial charge in [-0.25, -0.2) is 0 Å². The molecule has 15 heavy (non-hydrogen) atoms. The molecule has 0 radical (unpaired) electrons. The van der Waals surface area contributed by atoms with Gasteiger partial charge in [-0.2, -0.15) is 0 Å². The molecule has 0 aliphatic carbocycles. The maximum absolute atomic E-state index is 3.31. The van der Waals surface area contributed by atoms with Crippen molar-refractivity contribution < 1.29 is 0 Å². The monoisotopic (exact) mass is 205 g/mol. The van der Waals surface area contributed by atoms with Crippen molar-refractivity contribution in [2.45, 2.75) is 34.1 Å². The molecule has 1 rings (SSSR count). The van der Waals surface area contributed by atoms with E-state index >= 15 is 0 Å². The Balaban J connectivity index is 2.56. The molecule has 0 aliphatic rings. The third kappa shape index (κ3) is 3.94. The molecule has 0 saturated carbocycles. The molecule has 0 saturated heterocycles. The van der Waals surface area contributed by atoms with Crippen molar-refractivity contribution in [3.05, 3.63) is 29.8 Å². The first-order valence-corrected chi connectivity index (χ1v) is 5.96. The van der Waals surface area contributed by atoms with Crippen molar-refractivity contribution in [3.63, 3.8) is 0 Å². The topological polar surface area (TPSA) is 12.0 Å². The number of anilines is 1. The average molecular weight is 205 g/mol. The quantitative estimate of drug-likeness (QED) is 0.767. The second-order valence-electron chi connectivity index (χ2n) is 4.65. The summed E-state index contributed by atoms with van der Waals surface area (Å²) in [6.45, 7) is 10.0. The van der Waals surface area contributed by atoms with Gasteiger partial charge in [0.25, 0.3) is 0 Å². The largest absolute Gasteiger partial charge is 0.385 e. The summed E-state index contributed by atoms with van der Waals surface area (Å²) < 4.78 is 0. The Labute approximate surface area is 93.9 Å². The van der Waals surface area contributed by atoms with Gasteiger partial charge < -0.3 is 5.32 Å². The molecule has 0 fully saturated rings. The van der Waals surface area contributed by atoms with E-state index in [4.69, 9.17) is 0 Å². The van der Waals surface area contributed by atoms with Crippen molar-refractivity contribution in [2.75, 3.05) is 11.9 Å². The fourth-order valence-electron chi connectivity index (χ4n) is 1.57. The molecule has 0 heterocycles. The van der Waals surface area contributed by atoms with E-state index in [2.05, 4.69) is 57.3 Å². The van der Waals surface area contributed by atoms with Crippen LogP contribution in [-0.4, -0.2) is 6.54 Å². The van der Waals surface area contributed by atoms with Crippen LogP contribution < -0.4 is 5.32 Å². The summed E-state index contributed by atoms with van der Waals surface area (Å²) in [7, 11) is 0. The lowest BCUT2D eigenvalue weighted by Crippen LogP contribution is -2.07. The first kappa shape index (κ1) is 12.1. The van der Waals surface area contributed by atoms with E-state index in [1.165, 1.54) is 17.7 Å². The van der Waals surface area contributed by atoms with Crippen molar-refractivity contribution in [2.24, 2.45) is 11.8 Å². The molecule has 1 aromatic carbocycles. The van der Waals surface area contributed by atoms with Crippen LogP contribution in [0.25, 0.3) is 0 Å². The van der Waals surface area contributed by atoms with E-state index in [9.17, 15) is 0 Å². The third-order valence-corrected chi connectivity index (χ3v) is 3.03. The highest BCUT2D eigenvalue weighted by atomic mass is 14.8. The van der Waals surface area contributed by atoms with Crippen molar-refractivity contribution >= 4 is 5.69 Å². The Morgan fingerprint density at radius 1 is 1.07 bits per heavy atom. The molecule has 1 nitrogen and oxygen atoms in total. The minimum absolute atomic E-state index is 0.759. The molecule has 1 atom stereocenters. The Morgan fingerprint density at radius 2 is 1.67 bits per heavy atom. The van der Waals surface area contributed by atoms with Gasteiger partial charge in [-0.15, -0.1) is 0 Å². The molecule has 0 aliphatic heterocycles. The molecule has 1 unspecified atom stereocenters. The molecule has 0 spiro atoms. The first-order valence-electron chi connectivity index (χ1n) is 5.96. The Bertz CT molecular complexity index is 274. The van der Waals surface area contributed by atoms with E-state index in [1.807, 2.05) is 0 Å². The highest BCUT2D eigenvalue weighted by Crippen LogP contribution is 2.18. The zero-order valence-electron chi connectivity index (χ0n) is 10.4. The molecule has 1 aromatic rings. The van der Waals surface area contributed by atoms with E-state index in [0.29, 0.717) is 0 Å². The van der Waals surface area contributed by atoms with Gasteiger partial charge in [0, 0.05) is 12.2 Å². The van der Waals surface area contributed by atoms with Crippen molar-refractivity contribution in [1.29, 1.82) is 0 Å². The van der Waals surface area contributed by atoms with Gasteiger partial charge in [-0.05, 0) is 42.9 Å². The lowest BCUT2D eigenvalue weighted by atomic mass is 9.91. The summed E-state index contributed by atoms with van der Waals surface area (Å²) in [6, 6.07) is 8.81. The zero-order valence-corrected chi connectivity index (χ0v) is 10.4. The summed E-state index contributed by atoms with van der Waals surface area (Å²) in [5.41, 5.74) is 2.66. The summed E-state index contributed by atoms with van der Waals surface area (Å²) in [5, 5.41) is 3.31. The van der Waals surface area contributed by atoms with Crippen LogP contribution >= 0.6 is 0 Å². The standard InChI is InChI=1S/C14H23N/c1-5-15-14-8-6-13(7-9-14)10-12(4)11(2)3/h6-9,11-12,15H,5,10H2,1-4H3. The molecule has 0 amide bonds. The van der Waals surface area contributed by atoms with Crippen LogP contribution in [0.15, 0.2) is 24.3 Å². The van der Waals surface area contributed by atoms with Crippen LogP contribution in [0.2, 0.25) is 0 Å². The van der Waals surface area contributed by atoms with Gasteiger partial charge in [0.15, 0.2) is 0 Å². The van der Waals surface area contributed by atoms with Crippen LogP contribution in [0, 0.1) is 11.8 Å². The van der Waals surface area contributed by atoms with Gasteiger partial charge in [-0.1, -0.05) is 32.9 Å². The highest BCUT2D eigenvalue weighted by Gasteiger charge is 2.07. The summed E-state index contributed by atoms with van der Waals surface area (Å²) in [5.74, 6) is 1.52. The summed E-state index contributed by atoms with van der Waals surface area (Å²) in [6.07, 6.45) is 1.18. The number of nitrogens with one attached hydrogen (secondary N) is 1. The first-order chi connectivity index (χ1) is 7.13. The maximum atomic E-state index is 3.31. The molecule has 1 N–H and O–H groups in total. The van der Waals surface area contributed by atoms with Crippen LogP contribution in [0.5, 0.6) is 0 Å². The van der Waals surface area contributed by atoms with E-state index in [1.54, 1.807) is 0 Å². The van der Waals surface area contributed by atoms with Crippen LogP contribution in [0.4, 0.5) is 5.69 Å². The van der Waals surface area contributed by atoms with Gasteiger partial charge in [0.1, 0.15) is 0 Å². The molecule has 84 valence electrons. The summed E-state index contributed by atoms with van der Waals surface area (Å²) >= 11 is 0. The molecule has 0 aromatic heterocycles. The fraction of sp³-hybridized carbons (Fsp3) is 0.571. The number of hydrogen-bond donors (Lipinski definition) is 1. The molecule has 0 bridgehead atoms. The SMILES string of the molecule is CCNc1ccc(CC(C)C(C)C)cc1. The second-order valence-corrected chi connectivity index (χ2v) is 4.65. The van der Waals surface area contributed by atoms with E-state index < -0.39 is 0 Å². The zero-order chi connectivity index (χ0) is 11.3. The van der Waals surface area contributed by atoms with Crippen LogP contribution in [0.1, 0.15) is 33.3 Å². The van der Waals surface area contributed by atoms with Gasteiger partial charge >= 0.3 is 0 Å². The predicted octanol–water partition coefficient (Wildman–Crippen LogP) is 3.95. The molecular weight excluding hydrogens is 182 g/mol. The van der Waals surface area contributed by atoms with Crippen LogP contribution in [0.3, 0.4) is 0 Å². The highest BCUT2D eigenvalue weighted by molar-refractivity contribution is 5.44. The number of rotatable bonds is 5. The van der Waals surface area contributed by atoms with Crippen molar-refractivity contribution in [1.82, 2.24) is 0 Å². The number of hydrogen-bond acceptors (Lipinski definition) is 1. The lowest BCUT2D eigenvalue weighted by molar-refractivity contribution is 0.417. The molecule has 1 heteroatoms. The lowest BCUT2D eigenvalue weighted by Gasteiger charge is -2.15. The van der Waals surface area contributed by atoms with E-state index in [-0.39, 0.29) is 0 Å². The van der Waals surface area contributed by atoms with Gasteiger partial charge in [0.05, 0.1) is 0 Å². The minimum atomic E-state index is 0.759. The van der Waals surface area contributed by atoms with Crippen LogP contribution in [-0.2, 0) is 6.42 Å². The third-order valence-electron chi connectivity index (χ3n) is 3.03. The molecular formula is C14H23N.